The van der Waals surface area contributed by atoms with Gasteiger partial charge in [-0.25, -0.2) is 5.43 Å². The molecule has 128 valence electrons. The van der Waals surface area contributed by atoms with E-state index in [4.69, 9.17) is 0 Å². The van der Waals surface area contributed by atoms with Crippen LogP contribution in [-0.2, 0) is 4.79 Å². The van der Waals surface area contributed by atoms with E-state index in [0.29, 0.717) is 16.7 Å². The lowest BCUT2D eigenvalue weighted by Gasteiger charge is -2.10. The summed E-state index contributed by atoms with van der Waals surface area (Å²) in [4.78, 5) is 24.5. The third-order valence-electron chi connectivity index (χ3n) is 3.27. The number of aromatic hydroxyl groups is 1. The van der Waals surface area contributed by atoms with Crippen LogP contribution in [0.2, 0.25) is 0 Å². The molecule has 6 heteroatoms. The summed E-state index contributed by atoms with van der Waals surface area (Å²) in [5, 5.41) is 15.7. The minimum atomic E-state index is -0.515. The fourth-order valence-corrected chi connectivity index (χ4v) is 1.97. The molecule has 0 fully saturated rings. The average Bonchev–Trinajstić information content (AvgIpc) is 2.61. The first-order chi connectivity index (χ1) is 12.0. The van der Waals surface area contributed by atoms with Gasteiger partial charge in [0, 0.05) is 5.56 Å². The van der Waals surface area contributed by atoms with E-state index in [2.05, 4.69) is 15.8 Å². The molecule has 2 rings (SSSR count). The Balaban J connectivity index is 2.02. The second-order valence-electron chi connectivity index (χ2n) is 5.49. The molecule has 0 aliphatic carbocycles. The van der Waals surface area contributed by atoms with E-state index in [0.717, 1.165) is 0 Å². The summed E-state index contributed by atoms with van der Waals surface area (Å²) in [7, 11) is 0. The fourth-order valence-electron chi connectivity index (χ4n) is 1.97. The van der Waals surface area contributed by atoms with Crippen LogP contribution in [0, 0.1) is 0 Å². The maximum absolute atomic E-state index is 12.3. The Kier molecular flexibility index (Phi) is 6.06. The molecule has 0 aliphatic rings. The van der Waals surface area contributed by atoms with Gasteiger partial charge in [0.2, 0.25) is 0 Å². The highest BCUT2D eigenvalue weighted by Gasteiger charge is 2.15. The summed E-state index contributed by atoms with van der Waals surface area (Å²) in [6.45, 7) is 3.45. The molecule has 0 atom stereocenters. The number of allylic oxidation sites excluding steroid dienone is 1. The van der Waals surface area contributed by atoms with E-state index in [1.54, 1.807) is 50.2 Å². The summed E-state index contributed by atoms with van der Waals surface area (Å²) in [6.07, 6.45) is 1.44. The van der Waals surface area contributed by atoms with Gasteiger partial charge in [-0.05, 0) is 61.4 Å². The van der Waals surface area contributed by atoms with Gasteiger partial charge in [-0.3, -0.25) is 9.59 Å². The molecule has 0 radical (unpaired) electrons. The number of carbonyl (C=O) groups excluding carboxylic acids is 2. The number of rotatable bonds is 5. The highest BCUT2D eigenvalue weighted by Crippen LogP contribution is 2.08. The standard InChI is InChI=1S/C19H19N3O3/c1-13(2)17(21-18(24)15-6-4-3-5-7-15)19(25)22-20-12-14-8-10-16(23)11-9-14/h3-12,23H,1-2H3,(H,21,24)(H,22,25). The van der Waals surface area contributed by atoms with Gasteiger partial charge < -0.3 is 10.4 Å². The molecule has 6 nitrogen and oxygen atoms in total. The smallest absolute Gasteiger partial charge is 0.287 e. The fraction of sp³-hybridized carbons (Fsp3) is 0.105. The first-order valence-corrected chi connectivity index (χ1v) is 7.63. The second kappa shape index (κ2) is 8.44. The van der Waals surface area contributed by atoms with Crippen molar-refractivity contribution in [1.29, 1.82) is 0 Å². The summed E-state index contributed by atoms with van der Waals surface area (Å²) in [5.74, 6) is -0.731. The van der Waals surface area contributed by atoms with E-state index < -0.39 is 5.91 Å². The van der Waals surface area contributed by atoms with Gasteiger partial charge in [-0.15, -0.1) is 0 Å². The topological polar surface area (TPSA) is 90.8 Å². The largest absolute Gasteiger partial charge is 0.508 e. The number of hydrogen-bond acceptors (Lipinski definition) is 4. The maximum atomic E-state index is 12.3. The lowest BCUT2D eigenvalue weighted by molar-refractivity contribution is -0.117. The molecular weight excluding hydrogens is 318 g/mol. The number of phenols is 1. The van der Waals surface area contributed by atoms with Crippen LogP contribution in [0.25, 0.3) is 0 Å². The highest BCUT2D eigenvalue weighted by atomic mass is 16.3. The number of nitrogens with one attached hydrogen (secondary N) is 2. The maximum Gasteiger partial charge on any atom is 0.287 e. The van der Waals surface area contributed by atoms with E-state index in [1.165, 1.54) is 18.3 Å². The molecule has 0 heterocycles. The molecule has 0 aliphatic heterocycles. The first kappa shape index (κ1) is 17.9. The molecule has 2 aromatic carbocycles. The molecule has 25 heavy (non-hydrogen) atoms. The Hall–Kier alpha value is -3.41. The number of hydrogen-bond donors (Lipinski definition) is 3. The van der Waals surface area contributed by atoms with Crippen LogP contribution in [0.15, 0.2) is 71.0 Å². The molecule has 2 aromatic rings. The quantitative estimate of drug-likeness (QED) is 0.445. The van der Waals surface area contributed by atoms with Crippen molar-refractivity contribution in [2.75, 3.05) is 0 Å². The number of nitrogens with zero attached hydrogens (tertiary/aromatic N) is 1. The van der Waals surface area contributed by atoms with Crippen molar-refractivity contribution in [3.8, 4) is 5.75 Å². The zero-order chi connectivity index (χ0) is 18.2. The predicted octanol–water partition coefficient (Wildman–Crippen LogP) is 2.57. The molecule has 0 saturated heterocycles. The lowest BCUT2D eigenvalue weighted by Crippen LogP contribution is -2.33. The first-order valence-electron chi connectivity index (χ1n) is 7.63. The number of phenolic OH excluding ortho intramolecular Hbond substituents is 1. The van der Waals surface area contributed by atoms with Crippen LogP contribution in [-0.4, -0.2) is 23.1 Å². The molecule has 0 unspecified atom stereocenters. The van der Waals surface area contributed by atoms with Crippen LogP contribution in [0.1, 0.15) is 29.8 Å². The van der Waals surface area contributed by atoms with Crippen molar-refractivity contribution in [2.24, 2.45) is 5.10 Å². The van der Waals surface area contributed by atoms with Gasteiger partial charge in [0.25, 0.3) is 11.8 Å². The second-order valence-corrected chi connectivity index (χ2v) is 5.49. The number of carbonyl (C=O) groups is 2. The van der Waals surface area contributed by atoms with Crippen LogP contribution in [0.5, 0.6) is 5.75 Å². The number of amides is 2. The number of hydrazone groups is 1. The Morgan fingerprint density at radius 1 is 1.00 bits per heavy atom. The van der Waals surface area contributed by atoms with Crippen LogP contribution >= 0.6 is 0 Å². The molecule has 0 aromatic heterocycles. The van der Waals surface area contributed by atoms with Gasteiger partial charge >= 0.3 is 0 Å². The Bertz CT molecular complexity index is 806. The van der Waals surface area contributed by atoms with Crippen LogP contribution < -0.4 is 10.7 Å². The summed E-state index contributed by atoms with van der Waals surface area (Å²) in [6, 6.07) is 15.0. The SMILES string of the molecule is CC(C)=C(NC(=O)c1ccccc1)C(=O)NN=Cc1ccc(O)cc1. The molecular formula is C19H19N3O3. The molecule has 0 spiro atoms. The van der Waals surface area contributed by atoms with Crippen LogP contribution in [0.4, 0.5) is 0 Å². The van der Waals surface area contributed by atoms with Crippen molar-refractivity contribution in [3.05, 3.63) is 77.0 Å². The highest BCUT2D eigenvalue weighted by molar-refractivity contribution is 6.03. The van der Waals surface area contributed by atoms with E-state index in [1.807, 2.05) is 6.07 Å². The average molecular weight is 337 g/mol. The monoisotopic (exact) mass is 337 g/mol. The summed E-state index contributed by atoms with van der Waals surface area (Å²) in [5.41, 5.74) is 4.36. The number of benzene rings is 2. The van der Waals surface area contributed by atoms with Gasteiger partial charge in [0.05, 0.1) is 6.21 Å². The van der Waals surface area contributed by atoms with E-state index >= 15 is 0 Å². The normalized spacial score (nSPS) is 10.3. The Morgan fingerprint density at radius 2 is 1.64 bits per heavy atom. The third-order valence-corrected chi connectivity index (χ3v) is 3.27. The van der Waals surface area contributed by atoms with E-state index in [9.17, 15) is 14.7 Å². The lowest BCUT2D eigenvalue weighted by atomic mass is 10.2. The van der Waals surface area contributed by atoms with Gasteiger partial charge in [0.1, 0.15) is 11.4 Å². The van der Waals surface area contributed by atoms with Gasteiger partial charge in [0.15, 0.2) is 0 Å². The van der Waals surface area contributed by atoms with Crippen molar-refractivity contribution >= 4 is 18.0 Å². The van der Waals surface area contributed by atoms with Crippen LogP contribution in [0.3, 0.4) is 0 Å². The van der Waals surface area contributed by atoms with Gasteiger partial charge in [-0.2, -0.15) is 5.10 Å². The van der Waals surface area contributed by atoms with Crippen molar-refractivity contribution in [3.63, 3.8) is 0 Å². The zero-order valence-corrected chi connectivity index (χ0v) is 14.0. The molecule has 0 saturated carbocycles. The Morgan fingerprint density at radius 3 is 2.24 bits per heavy atom. The third kappa shape index (κ3) is 5.31. The minimum absolute atomic E-state index is 0.150. The van der Waals surface area contributed by atoms with Crippen molar-refractivity contribution < 1.29 is 14.7 Å². The van der Waals surface area contributed by atoms with Gasteiger partial charge in [-0.1, -0.05) is 18.2 Å². The summed E-state index contributed by atoms with van der Waals surface area (Å²) >= 11 is 0. The zero-order valence-electron chi connectivity index (χ0n) is 14.0. The minimum Gasteiger partial charge on any atom is -0.508 e. The van der Waals surface area contributed by atoms with Crippen molar-refractivity contribution in [1.82, 2.24) is 10.7 Å². The predicted molar refractivity (Wildman–Crippen MR) is 96.1 cm³/mol. The Labute approximate surface area is 145 Å². The van der Waals surface area contributed by atoms with E-state index in [-0.39, 0.29) is 17.4 Å². The van der Waals surface area contributed by atoms with Crippen molar-refractivity contribution in [2.45, 2.75) is 13.8 Å². The molecule has 0 bridgehead atoms. The summed E-state index contributed by atoms with van der Waals surface area (Å²) < 4.78 is 0. The molecule has 3 N–H and O–H groups in total. The molecule has 2 amide bonds.